The number of aliphatic carboxylic acids is 1. The second-order valence-corrected chi connectivity index (χ2v) is 5.74. The van der Waals surface area contributed by atoms with Gasteiger partial charge in [0.05, 0.1) is 16.3 Å². The van der Waals surface area contributed by atoms with E-state index in [9.17, 15) is 4.79 Å². The lowest BCUT2D eigenvalue weighted by atomic mass is 10.2. The first-order chi connectivity index (χ1) is 9.08. The van der Waals surface area contributed by atoms with Crippen LogP contribution in [0, 0.1) is 0 Å². The molecule has 0 unspecified atom stereocenters. The van der Waals surface area contributed by atoms with Gasteiger partial charge in [0.1, 0.15) is 5.01 Å². The number of fused-ring (bicyclic) bond motifs is 1. The first-order valence-corrected chi connectivity index (χ1v) is 7.17. The monoisotopic (exact) mass is 278 g/mol. The van der Waals surface area contributed by atoms with Crippen LogP contribution in [0.2, 0.25) is 0 Å². The van der Waals surface area contributed by atoms with E-state index in [0.29, 0.717) is 6.42 Å². The molecule has 2 rings (SSSR count). The van der Waals surface area contributed by atoms with Crippen molar-refractivity contribution in [2.24, 2.45) is 0 Å². The van der Waals surface area contributed by atoms with E-state index in [2.05, 4.69) is 22.9 Å². The third-order valence-electron chi connectivity index (χ3n) is 3.23. The number of para-hydroxylation sites is 1. The molecule has 0 aliphatic rings. The lowest BCUT2D eigenvalue weighted by Gasteiger charge is -2.22. The minimum Gasteiger partial charge on any atom is -0.481 e. The normalized spacial score (nSPS) is 13.0. The number of thiazole rings is 1. The number of hydrogen-bond acceptors (Lipinski definition) is 4. The molecule has 0 bridgehead atoms. The van der Waals surface area contributed by atoms with Gasteiger partial charge in [-0.15, -0.1) is 11.3 Å². The summed E-state index contributed by atoms with van der Waals surface area (Å²) in [6, 6.07) is 8.32. The lowest BCUT2D eigenvalue weighted by molar-refractivity contribution is -0.137. The van der Waals surface area contributed by atoms with Crippen LogP contribution in [-0.4, -0.2) is 34.6 Å². The Morgan fingerprint density at radius 3 is 2.89 bits per heavy atom. The number of rotatable bonds is 6. The number of nitrogens with zero attached hydrogens (tertiary/aromatic N) is 2. The van der Waals surface area contributed by atoms with E-state index in [1.165, 1.54) is 4.70 Å². The fraction of sp³-hybridized carbons (Fsp3) is 0.429. The van der Waals surface area contributed by atoms with Gasteiger partial charge >= 0.3 is 5.97 Å². The number of carboxylic acid groups (broad SMARTS) is 1. The molecule has 102 valence electrons. The predicted octanol–water partition coefficient (Wildman–Crippen LogP) is 3.15. The van der Waals surface area contributed by atoms with Gasteiger partial charge in [0, 0.05) is 6.42 Å². The molecule has 0 aliphatic carbocycles. The molecular formula is C14H18N2O2S. The highest BCUT2D eigenvalue weighted by Crippen LogP contribution is 2.28. The first kappa shape index (κ1) is 14.0. The Balaban J connectivity index is 2.01. The van der Waals surface area contributed by atoms with Crippen LogP contribution in [0.15, 0.2) is 24.3 Å². The Bertz CT molecular complexity index is 534. The van der Waals surface area contributed by atoms with Crippen molar-refractivity contribution in [3.8, 4) is 0 Å². The van der Waals surface area contributed by atoms with Gasteiger partial charge in [0.15, 0.2) is 0 Å². The van der Waals surface area contributed by atoms with Gasteiger partial charge in [-0.25, -0.2) is 4.98 Å². The van der Waals surface area contributed by atoms with Crippen LogP contribution in [0.1, 0.15) is 30.8 Å². The maximum Gasteiger partial charge on any atom is 0.303 e. The van der Waals surface area contributed by atoms with Crippen LogP contribution in [0.3, 0.4) is 0 Å². The van der Waals surface area contributed by atoms with Crippen molar-refractivity contribution in [1.82, 2.24) is 9.88 Å². The topological polar surface area (TPSA) is 53.4 Å². The third-order valence-corrected chi connectivity index (χ3v) is 4.44. The zero-order chi connectivity index (χ0) is 13.8. The Kier molecular flexibility index (Phi) is 4.50. The number of carboxylic acids is 1. The molecule has 1 aromatic carbocycles. The average molecular weight is 278 g/mol. The molecule has 0 fully saturated rings. The molecule has 0 amide bonds. The minimum atomic E-state index is -0.735. The predicted molar refractivity (Wildman–Crippen MR) is 77.5 cm³/mol. The maximum atomic E-state index is 10.5. The largest absolute Gasteiger partial charge is 0.481 e. The Morgan fingerprint density at radius 1 is 1.47 bits per heavy atom. The zero-order valence-corrected chi connectivity index (χ0v) is 12.0. The van der Waals surface area contributed by atoms with Crippen molar-refractivity contribution < 1.29 is 9.90 Å². The highest BCUT2D eigenvalue weighted by Gasteiger charge is 2.16. The minimum absolute atomic E-state index is 0.214. The highest BCUT2D eigenvalue weighted by atomic mass is 32.1. The summed E-state index contributed by atoms with van der Waals surface area (Å²) >= 11 is 1.70. The highest BCUT2D eigenvalue weighted by molar-refractivity contribution is 7.18. The van der Waals surface area contributed by atoms with Crippen molar-refractivity contribution in [3.63, 3.8) is 0 Å². The van der Waals surface area contributed by atoms with E-state index >= 15 is 0 Å². The van der Waals surface area contributed by atoms with Gasteiger partial charge in [-0.1, -0.05) is 12.1 Å². The summed E-state index contributed by atoms with van der Waals surface area (Å²) in [4.78, 5) is 17.3. The summed E-state index contributed by atoms with van der Waals surface area (Å²) < 4.78 is 1.20. The van der Waals surface area contributed by atoms with Crippen LogP contribution in [0.4, 0.5) is 0 Å². The van der Waals surface area contributed by atoms with Gasteiger partial charge in [-0.2, -0.15) is 0 Å². The summed E-state index contributed by atoms with van der Waals surface area (Å²) in [5, 5.41) is 9.73. The van der Waals surface area contributed by atoms with Crippen molar-refractivity contribution >= 4 is 27.5 Å². The van der Waals surface area contributed by atoms with E-state index in [1.807, 2.05) is 25.2 Å². The smallest absolute Gasteiger partial charge is 0.303 e. The molecule has 0 saturated carbocycles. The molecule has 1 aromatic heterocycles. The molecule has 0 saturated heterocycles. The second kappa shape index (κ2) is 6.12. The van der Waals surface area contributed by atoms with E-state index < -0.39 is 5.97 Å². The number of aromatic nitrogens is 1. The molecule has 5 heteroatoms. The molecule has 1 heterocycles. The molecule has 4 nitrogen and oxygen atoms in total. The summed E-state index contributed by atoms with van der Waals surface area (Å²) in [5.74, 6) is -0.735. The number of carbonyl (C=O) groups is 1. The van der Waals surface area contributed by atoms with Crippen LogP contribution in [-0.2, 0) is 4.79 Å². The molecule has 0 aliphatic heterocycles. The van der Waals surface area contributed by atoms with Crippen LogP contribution in [0.25, 0.3) is 10.2 Å². The Hall–Kier alpha value is -1.46. The molecule has 0 radical (unpaired) electrons. The van der Waals surface area contributed by atoms with Crippen molar-refractivity contribution in [1.29, 1.82) is 0 Å². The summed E-state index contributed by atoms with van der Waals surface area (Å²) in [5.41, 5.74) is 1.04. The SMILES string of the molecule is C[C@H](c1nc2ccccc2s1)N(C)CCCC(=O)O. The maximum absolute atomic E-state index is 10.5. The molecule has 0 spiro atoms. The fourth-order valence-corrected chi connectivity index (χ4v) is 3.02. The molecule has 2 aromatic rings. The zero-order valence-electron chi connectivity index (χ0n) is 11.2. The van der Waals surface area contributed by atoms with Gasteiger partial charge in [0.25, 0.3) is 0 Å². The lowest BCUT2D eigenvalue weighted by Crippen LogP contribution is -2.23. The van der Waals surface area contributed by atoms with Crippen molar-refractivity contribution in [2.45, 2.75) is 25.8 Å². The summed E-state index contributed by atoms with van der Waals surface area (Å²) in [7, 11) is 2.01. The van der Waals surface area contributed by atoms with Gasteiger partial charge in [-0.05, 0) is 39.1 Å². The Labute approximate surface area is 116 Å². The quantitative estimate of drug-likeness (QED) is 0.882. The summed E-state index contributed by atoms with van der Waals surface area (Å²) in [6.45, 7) is 2.88. The van der Waals surface area contributed by atoms with Crippen molar-refractivity contribution in [2.75, 3.05) is 13.6 Å². The van der Waals surface area contributed by atoms with Crippen molar-refractivity contribution in [3.05, 3.63) is 29.3 Å². The standard InChI is InChI=1S/C14H18N2O2S/c1-10(16(2)9-5-8-13(17)18)14-15-11-6-3-4-7-12(11)19-14/h3-4,6-7,10H,5,8-9H2,1-2H3,(H,17,18)/t10-/m1/s1. The molecule has 1 N–H and O–H groups in total. The van der Waals surface area contributed by atoms with Crippen LogP contribution < -0.4 is 0 Å². The first-order valence-electron chi connectivity index (χ1n) is 6.35. The van der Waals surface area contributed by atoms with E-state index in [1.54, 1.807) is 11.3 Å². The van der Waals surface area contributed by atoms with Gasteiger partial charge in [0.2, 0.25) is 0 Å². The molecule has 19 heavy (non-hydrogen) atoms. The Morgan fingerprint density at radius 2 is 2.21 bits per heavy atom. The van der Waals surface area contributed by atoms with Crippen LogP contribution >= 0.6 is 11.3 Å². The van der Waals surface area contributed by atoms with E-state index in [0.717, 1.165) is 17.1 Å². The average Bonchev–Trinajstić information content (AvgIpc) is 2.80. The fourth-order valence-electron chi connectivity index (χ4n) is 1.93. The molecular weight excluding hydrogens is 260 g/mol. The van der Waals surface area contributed by atoms with E-state index in [-0.39, 0.29) is 12.5 Å². The number of benzene rings is 1. The van der Waals surface area contributed by atoms with Gasteiger partial charge < -0.3 is 5.11 Å². The van der Waals surface area contributed by atoms with Crippen LogP contribution in [0.5, 0.6) is 0 Å². The third kappa shape index (κ3) is 3.52. The number of hydrogen-bond donors (Lipinski definition) is 1. The second-order valence-electron chi connectivity index (χ2n) is 4.67. The van der Waals surface area contributed by atoms with Gasteiger partial charge in [-0.3, -0.25) is 9.69 Å². The molecule has 1 atom stereocenters. The summed E-state index contributed by atoms with van der Waals surface area (Å²) in [6.07, 6.45) is 0.887. The van der Waals surface area contributed by atoms with E-state index in [4.69, 9.17) is 5.11 Å².